The van der Waals surface area contributed by atoms with Crippen molar-refractivity contribution >= 4 is 34.8 Å². The fraction of sp³-hybridized carbons (Fsp3) is 0.133. The van der Waals surface area contributed by atoms with E-state index in [0.717, 1.165) is 11.3 Å². The summed E-state index contributed by atoms with van der Waals surface area (Å²) < 4.78 is 0. The Labute approximate surface area is 126 Å². The average molecular weight is 307 g/mol. The highest BCUT2D eigenvalue weighted by Gasteiger charge is 2.47. The molecule has 0 unspecified atom stereocenters. The standard InChI is InChI=1S/C15H12Cl2N2O/c16-9-5-7-10(8-6-9)19-14(13(18)15(19)20)11-3-1-2-4-12(11)17/h1-8,13-14H,18H2/t13-,14+/m0/s1. The lowest BCUT2D eigenvalue weighted by Gasteiger charge is -2.45. The molecule has 3 nitrogen and oxygen atoms in total. The zero-order chi connectivity index (χ0) is 14.3. The first kappa shape index (κ1) is 13.4. The van der Waals surface area contributed by atoms with Gasteiger partial charge in [-0.05, 0) is 35.9 Å². The van der Waals surface area contributed by atoms with Crippen molar-refractivity contribution in [2.24, 2.45) is 5.73 Å². The Morgan fingerprint density at radius 3 is 2.30 bits per heavy atom. The number of hydrogen-bond acceptors (Lipinski definition) is 2. The summed E-state index contributed by atoms with van der Waals surface area (Å²) in [4.78, 5) is 13.7. The topological polar surface area (TPSA) is 46.3 Å². The van der Waals surface area contributed by atoms with Crippen molar-refractivity contribution in [1.82, 2.24) is 0 Å². The van der Waals surface area contributed by atoms with E-state index in [1.807, 2.05) is 18.2 Å². The molecule has 1 fully saturated rings. The maximum Gasteiger partial charge on any atom is 0.247 e. The lowest BCUT2D eigenvalue weighted by Crippen LogP contribution is -2.63. The van der Waals surface area contributed by atoms with Crippen LogP contribution < -0.4 is 10.6 Å². The quantitative estimate of drug-likeness (QED) is 0.864. The van der Waals surface area contributed by atoms with Crippen LogP contribution in [-0.4, -0.2) is 11.9 Å². The van der Waals surface area contributed by atoms with Crippen LogP contribution in [0.2, 0.25) is 10.0 Å². The molecule has 3 rings (SSSR count). The molecule has 1 saturated heterocycles. The van der Waals surface area contributed by atoms with Crippen LogP contribution in [0.25, 0.3) is 0 Å². The number of hydrogen-bond donors (Lipinski definition) is 1. The van der Waals surface area contributed by atoms with Gasteiger partial charge in [-0.25, -0.2) is 0 Å². The molecule has 1 aliphatic rings. The van der Waals surface area contributed by atoms with Crippen LogP contribution in [0.1, 0.15) is 11.6 Å². The minimum Gasteiger partial charge on any atom is -0.318 e. The number of benzene rings is 2. The van der Waals surface area contributed by atoms with E-state index in [-0.39, 0.29) is 11.9 Å². The van der Waals surface area contributed by atoms with Gasteiger partial charge in [-0.15, -0.1) is 0 Å². The first-order valence-corrected chi connectivity index (χ1v) is 6.94. The fourth-order valence-electron chi connectivity index (χ4n) is 2.45. The van der Waals surface area contributed by atoms with E-state index < -0.39 is 6.04 Å². The zero-order valence-electron chi connectivity index (χ0n) is 10.5. The molecule has 0 radical (unpaired) electrons. The third kappa shape index (κ3) is 2.08. The van der Waals surface area contributed by atoms with Crippen molar-refractivity contribution in [2.75, 3.05) is 4.90 Å². The molecule has 0 saturated carbocycles. The van der Waals surface area contributed by atoms with Gasteiger partial charge in [0.1, 0.15) is 6.04 Å². The van der Waals surface area contributed by atoms with Crippen molar-refractivity contribution in [2.45, 2.75) is 12.1 Å². The molecule has 1 heterocycles. The van der Waals surface area contributed by atoms with E-state index in [4.69, 9.17) is 28.9 Å². The minimum absolute atomic E-state index is 0.114. The van der Waals surface area contributed by atoms with Crippen molar-refractivity contribution in [3.63, 3.8) is 0 Å². The van der Waals surface area contributed by atoms with Gasteiger partial charge < -0.3 is 10.6 Å². The van der Waals surface area contributed by atoms with Gasteiger partial charge in [0.15, 0.2) is 0 Å². The molecule has 0 aliphatic carbocycles. The number of carbonyl (C=O) groups excluding carboxylic acids is 1. The summed E-state index contributed by atoms with van der Waals surface area (Å²) >= 11 is 12.1. The molecule has 1 aliphatic heterocycles. The smallest absolute Gasteiger partial charge is 0.247 e. The lowest BCUT2D eigenvalue weighted by atomic mass is 9.88. The number of anilines is 1. The van der Waals surface area contributed by atoms with Crippen LogP contribution in [0, 0.1) is 0 Å². The van der Waals surface area contributed by atoms with E-state index in [9.17, 15) is 4.79 Å². The van der Waals surface area contributed by atoms with E-state index in [2.05, 4.69) is 0 Å². The summed E-state index contributed by atoms with van der Waals surface area (Å²) in [6.45, 7) is 0. The van der Waals surface area contributed by atoms with Gasteiger partial charge in [0.05, 0.1) is 6.04 Å². The summed E-state index contributed by atoms with van der Waals surface area (Å²) in [5.41, 5.74) is 7.58. The van der Waals surface area contributed by atoms with E-state index in [1.54, 1.807) is 35.2 Å². The lowest BCUT2D eigenvalue weighted by molar-refractivity contribution is -0.126. The Balaban J connectivity index is 2.00. The van der Waals surface area contributed by atoms with Crippen molar-refractivity contribution in [1.29, 1.82) is 0 Å². The van der Waals surface area contributed by atoms with E-state index in [1.165, 1.54) is 0 Å². The van der Waals surface area contributed by atoms with Crippen LogP contribution >= 0.6 is 23.2 Å². The molecule has 2 aromatic carbocycles. The monoisotopic (exact) mass is 306 g/mol. The number of β-lactam (4-membered cyclic amide) rings is 1. The molecule has 102 valence electrons. The zero-order valence-corrected chi connectivity index (χ0v) is 12.0. The second-order valence-electron chi connectivity index (χ2n) is 4.68. The van der Waals surface area contributed by atoms with Gasteiger partial charge in [-0.1, -0.05) is 41.4 Å². The molecule has 1 amide bonds. The average Bonchev–Trinajstić information content (AvgIpc) is 2.46. The Morgan fingerprint density at radius 2 is 1.65 bits per heavy atom. The highest BCUT2D eigenvalue weighted by molar-refractivity contribution is 6.31. The largest absolute Gasteiger partial charge is 0.318 e. The van der Waals surface area contributed by atoms with Crippen LogP contribution in [-0.2, 0) is 4.79 Å². The first-order valence-electron chi connectivity index (χ1n) is 6.18. The Hall–Kier alpha value is -1.55. The molecule has 0 spiro atoms. The van der Waals surface area contributed by atoms with Gasteiger partial charge in [0.25, 0.3) is 0 Å². The molecule has 20 heavy (non-hydrogen) atoms. The number of nitrogens with zero attached hydrogens (tertiary/aromatic N) is 1. The minimum atomic E-state index is -0.564. The molecule has 0 bridgehead atoms. The molecule has 2 aromatic rings. The molecule has 2 atom stereocenters. The second-order valence-corrected chi connectivity index (χ2v) is 5.52. The first-order chi connectivity index (χ1) is 9.59. The van der Waals surface area contributed by atoms with E-state index >= 15 is 0 Å². The van der Waals surface area contributed by atoms with E-state index in [0.29, 0.717) is 10.0 Å². The van der Waals surface area contributed by atoms with Gasteiger partial charge in [-0.3, -0.25) is 4.79 Å². The third-order valence-corrected chi connectivity index (χ3v) is 4.07. The highest BCUT2D eigenvalue weighted by Crippen LogP contribution is 2.40. The summed E-state index contributed by atoms with van der Waals surface area (Å²) in [6, 6.07) is 13.7. The second kappa shape index (κ2) is 5.09. The molecule has 0 aromatic heterocycles. The Kier molecular flexibility index (Phi) is 3.42. The summed E-state index contributed by atoms with van der Waals surface area (Å²) in [5, 5.41) is 1.24. The summed E-state index contributed by atoms with van der Waals surface area (Å²) in [5.74, 6) is -0.114. The highest BCUT2D eigenvalue weighted by atomic mass is 35.5. The van der Waals surface area contributed by atoms with Gasteiger partial charge in [0.2, 0.25) is 5.91 Å². The summed E-state index contributed by atoms with van der Waals surface area (Å²) in [7, 11) is 0. The number of rotatable bonds is 2. The molecular formula is C15H12Cl2N2O. The number of halogens is 2. The predicted octanol–water partition coefficient (Wildman–Crippen LogP) is 3.41. The Bertz CT molecular complexity index is 657. The predicted molar refractivity (Wildman–Crippen MR) is 81.1 cm³/mol. The van der Waals surface area contributed by atoms with Crippen molar-refractivity contribution < 1.29 is 4.79 Å². The normalized spacial score (nSPS) is 21.8. The summed E-state index contributed by atoms with van der Waals surface area (Å²) in [6.07, 6.45) is 0. The van der Waals surface area contributed by atoms with Gasteiger partial charge in [0, 0.05) is 15.7 Å². The Morgan fingerprint density at radius 1 is 1.00 bits per heavy atom. The number of nitrogens with two attached hydrogens (primary N) is 1. The van der Waals surface area contributed by atoms with Crippen LogP contribution in [0.5, 0.6) is 0 Å². The van der Waals surface area contributed by atoms with Gasteiger partial charge >= 0.3 is 0 Å². The SMILES string of the molecule is N[C@@H]1C(=O)N(c2ccc(Cl)cc2)[C@@H]1c1ccccc1Cl. The molecular weight excluding hydrogens is 295 g/mol. The van der Waals surface area contributed by atoms with Crippen molar-refractivity contribution in [3.05, 3.63) is 64.1 Å². The number of amides is 1. The van der Waals surface area contributed by atoms with Crippen LogP contribution in [0.15, 0.2) is 48.5 Å². The van der Waals surface area contributed by atoms with Crippen molar-refractivity contribution in [3.8, 4) is 0 Å². The maximum atomic E-state index is 12.1. The van der Waals surface area contributed by atoms with Gasteiger partial charge in [-0.2, -0.15) is 0 Å². The van der Waals surface area contributed by atoms with Crippen LogP contribution in [0.3, 0.4) is 0 Å². The third-order valence-electron chi connectivity index (χ3n) is 3.47. The van der Waals surface area contributed by atoms with Crippen LogP contribution in [0.4, 0.5) is 5.69 Å². The molecule has 2 N–H and O–H groups in total. The fourth-order valence-corrected chi connectivity index (χ4v) is 2.82. The molecule has 5 heteroatoms. The maximum absolute atomic E-state index is 12.1. The number of carbonyl (C=O) groups is 1.